The zero-order valence-corrected chi connectivity index (χ0v) is 87.8. The Morgan fingerprint density at radius 2 is 0.521 bits per heavy atom. The third-order valence-corrected chi connectivity index (χ3v) is 38.5. The van der Waals surface area contributed by atoms with Crippen molar-refractivity contribution in [1.29, 1.82) is 0 Å². The zero-order valence-electron chi connectivity index (χ0n) is 75.2. The fourth-order valence-corrected chi connectivity index (χ4v) is 31.7. The van der Waals surface area contributed by atoms with E-state index in [0.29, 0.717) is 80.6 Å². The van der Waals surface area contributed by atoms with Crippen molar-refractivity contribution in [3.8, 4) is 34.0 Å². The smallest absolute Gasteiger partial charge is 0.353 e. The first kappa shape index (κ1) is 112. The predicted octanol–water partition coefficient (Wildman–Crippen LogP) is 21.1. The molecule has 18 rings (SSSR count). The van der Waals surface area contributed by atoms with Crippen LogP contribution >= 0.6 is 43.7 Å². The van der Waals surface area contributed by atoms with Gasteiger partial charge in [-0.15, -0.1) is 42.0 Å². The molecule has 0 saturated heterocycles. The Morgan fingerprint density at radius 3 is 0.754 bits per heavy atom. The maximum absolute atomic E-state index is 14.5. The van der Waals surface area contributed by atoms with Crippen molar-refractivity contribution in [3.63, 3.8) is 0 Å². The van der Waals surface area contributed by atoms with E-state index in [9.17, 15) is 67.9 Å². The van der Waals surface area contributed by atoms with E-state index in [1.807, 2.05) is 364 Å². The second kappa shape index (κ2) is 51.1. The fraction of sp³-hybridized carbons (Fsp3) is 0.0673. The summed E-state index contributed by atoms with van der Waals surface area (Å²) in [5.74, 6) is 0.384. The van der Waals surface area contributed by atoms with Crippen molar-refractivity contribution in [1.82, 2.24) is 54.8 Å². The standard InChI is InChI=1S/3C24H21NO2P2.C12H9F3N3.2C10H6F3N4.3Ir/c3*26-28(21-13-5-1-6-14-21,22-15-7-2-8-16-22)25-29(27,23-17-9-3-10-18-23)24-19-11-4-12-20-24;1-7-3-9(4-11(18-7)12(13,14)15)10-6-16-8(2)5-17-10;1-6-2-7(9-15-4-14-5-16-9)3-8(17-6)10(11,12)13;1-6-7(9-15-4-14-5-16-9)2-3-8(17-6)10(11,12)13;;;/h3*1-20,26H;3,5-6H,1-2H3;2,4-5H,1H3;3-5H,1H3;;;/q;;;3*-1;;;. The number of hydrogen-bond donors (Lipinski definition) is 3. The van der Waals surface area contributed by atoms with Crippen LogP contribution in [0.25, 0.3) is 34.0 Å². The molecule has 0 amide bonds. The maximum atomic E-state index is 14.5. The Balaban J connectivity index is 0.000000177. The van der Waals surface area contributed by atoms with Crippen LogP contribution in [0.1, 0.15) is 39.9 Å². The molecule has 0 aliphatic heterocycles. The minimum Gasteiger partial charge on any atom is -0.353 e. The maximum Gasteiger partial charge on any atom is 0.421 e. The van der Waals surface area contributed by atoms with Crippen LogP contribution in [-0.4, -0.2) is 69.5 Å². The van der Waals surface area contributed by atoms with E-state index in [1.54, 1.807) is 6.92 Å². The Bertz CT molecular complexity index is 6700. The van der Waals surface area contributed by atoms with Gasteiger partial charge in [0.25, 0.3) is 0 Å². The molecule has 0 unspecified atom stereocenters. The predicted molar refractivity (Wildman–Crippen MR) is 532 cm³/mol. The van der Waals surface area contributed by atoms with Gasteiger partial charge < -0.3 is 24.6 Å². The topological polar surface area (TPSA) is 291 Å². The van der Waals surface area contributed by atoms with Crippen molar-refractivity contribution in [3.05, 3.63) is 478 Å². The van der Waals surface area contributed by atoms with Gasteiger partial charge in [-0.25, -0.2) is 23.5 Å². The molecule has 3 N–H and O–H groups in total. The molecular weight excluding hydrogens is 2470 g/mol. The average molecular weight is 2560 g/mol. The second-order valence-corrected chi connectivity index (χ2v) is 45.5. The van der Waals surface area contributed by atoms with Gasteiger partial charge in [0.05, 0.1) is 28.6 Å². The van der Waals surface area contributed by atoms with Crippen molar-refractivity contribution in [2.75, 3.05) is 0 Å². The summed E-state index contributed by atoms with van der Waals surface area (Å²) < 4.78 is 170. The minimum atomic E-state index is -4.53. The number of alkyl halides is 9. The van der Waals surface area contributed by atoms with Crippen molar-refractivity contribution in [2.24, 2.45) is 13.5 Å². The van der Waals surface area contributed by atoms with Gasteiger partial charge in [0.15, 0.2) is 0 Å². The van der Waals surface area contributed by atoms with Crippen LogP contribution in [0.15, 0.2) is 433 Å². The molecule has 0 aliphatic rings. The Kier molecular flexibility index (Phi) is 40.2. The molecule has 20 nitrogen and oxygen atoms in total. The number of benzene rings is 12. The first-order valence-corrected chi connectivity index (χ1v) is 52.3. The Hall–Kier alpha value is -12.2. The van der Waals surface area contributed by atoms with E-state index in [-0.39, 0.29) is 100 Å². The molecule has 0 aliphatic carbocycles. The molecule has 0 atom stereocenters. The Morgan fingerprint density at radius 1 is 0.282 bits per heavy atom. The summed E-state index contributed by atoms with van der Waals surface area (Å²) in [6, 6.07) is 122. The SMILES string of the molecule is Cc1cc(-c2ncncn2)[c-]c(C(F)(F)F)n1.Cc1cnc(-c2[c-]c(C(F)(F)F)nc(C)c2)cn1.Cc1nc(C(F)(F)F)c[c-]c1-c1ncncn1.O=P(N=P(O)(c1ccccc1)c1ccccc1)(c1ccccc1)c1ccccc1.O=P(N=P(O)(c1ccccc1)c1ccccc1)(c1ccccc1)c1ccccc1.O=P(N=P(O)(c1ccccc1)c1ccccc1)(c1ccccc1)c1ccccc1.[Ir].[Ir].[Ir]. The van der Waals surface area contributed by atoms with Gasteiger partial charge in [-0.3, -0.25) is 48.6 Å². The number of pyridine rings is 3. The molecule has 0 fully saturated rings. The second-order valence-electron chi connectivity index (χ2n) is 30.1. The minimum absolute atomic E-state index is 0. The van der Waals surface area contributed by atoms with Crippen LogP contribution < -0.4 is 63.7 Å². The van der Waals surface area contributed by atoms with Crippen LogP contribution in [0.2, 0.25) is 0 Å². The summed E-state index contributed by atoms with van der Waals surface area (Å²) in [6.07, 6.45) is -5.68. The molecule has 3 radical (unpaired) electrons. The number of nitrogens with zero attached hydrogens (tertiary/aromatic N) is 14. The van der Waals surface area contributed by atoms with Crippen LogP contribution in [-0.2, 0) is 92.5 Å². The van der Waals surface area contributed by atoms with Gasteiger partial charge in [-0.05, 0) is 123 Å². The number of aromatic nitrogens is 11. The largest absolute Gasteiger partial charge is 0.421 e. The van der Waals surface area contributed by atoms with E-state index in [4.69, 9.17) is 13.5 Å². The third kappa shape index (κ3) is 28.9. The van der Waals surface area contributed by atoms with Crippen molar-refractivity contribution < 1.29 is 128 Å². The summed E-state index contributed by atoms with van der Waals surface area (Å²) in [6.45, 7) is 6.16. The molecule has 142 heavy (non-hydrogen) atoms. The molecule has 6 heterocycles. The molecule has 18 aromatic rings. The Labute approximate surface area is 855 Å². The fourth-order valence-electron chi connectivity index (χ4n) is 13.6. The molecule has 729 valence electrons. The number of hydrogen-bond acceptors (Lipinski definition) is 14. The van der Waals surface area contributed by atoms with E-state index in [2.05, 4.69) is 73.0 Å². The summed E-state index contributed by atoms with van der Waals surface area (Å²) in [4.78, 5) is 76.6. The van der Waals surface area contributed by atoms with Crippen molar-refractivity contribution in [2.45, 2.75) is 46.2 Å². The summed E-state index contributed by atoms with van der Waals surface area (Å²) in [7, 11) is -20.2. The molecule has 12 aromatic carbocycles. The third-order valence-electron chi connectivity index (χ3n) is 20.2. The monoisotopic (exact) mass is 2560 g/mol. The van der Waals surface area contributed by atoms with E-state index < -0.39 is 79.3 Å². The summed E-state index contributed by atoms with van der Waals surface area (Å²) in [5.41, 5.74) is -0.677. The van der Waals surface area contributed by atoms with Crippen LogP contribution in [0.3, 0.4) is 0 Å². The van der Waals surface area contributed by atoms with Gasteiger partial charge >= 0.3 is 18.5 Å². The molecule has 6 aromatic heterocycles. The van der Waals surface area contributed by atoms with Gasteiger partial charge in [0, 0.05) is 136 Å². The normalized spacial score (nSPS) is 11.4. The van der Waals surface area contributed by atoms with Gasteiger partial charge in [-0.1, -0.05) is 304 Å². The molecule has 0 bridgehead atoms. The quantitative estimate of drug-likeness (QED) is 0.0409. The van der Waals surface area contributed by atoms with Crippen LogP contribution in [0, 0.1) is 45.9 Å². The summed E-state index contributed by atoms with van der Waals surface area (Å²) in [5, 5.41) is 7.72. The average Bonchev–Trinajstić information content (AvgIpc) is 0.758. The van der Waals surface area contributed by atoms with E-state index in [1.165, 1.54) is 70.6 Å². The van der Waals surface area contributed by atoms with Gasteiger partial charge in [0.1, 0.15) is 47.2 Å². The zero-order chi connectivity index (χ0) is 98.7. The van der Waals surface area contributed by atoms with Crippen LogP contribution in [0.4, 0.5) is 39.5 Å². The van der Waals surface area contributed by atoms with E-state index in [0.717, 1.165) is 6.07 Å². The van der Waals surface area contributed by atoms with Crippen molar-refractivity contribution >= 4 is 107 Å². The van der Waals surface area contributed by atoms with E-state index >= 15 is 0 Å². The molecular formula is C104H84F9Ir3N14O6P6-3. The number of halogens is 9. The number of aryl methyl sites for hydroxylation is 4. The first-order valence-electron chi connectivity index (χ1n) is 42.2. The van der Waals surface area contributed by atoms with Gasteiger partial charge in [0.2, 0.25) is 21.9 Å². The van der Waals surface area contributed by atoms with Gasteiger partial charge in [-0.2, -0.15) is 45.1 Å². The molecule has 38 heteroatoms. The molecule has 0 spiro atoms. The summed E-state index contributed by atoms with van der Waals surface area (Å²) >= 11 is 0. The first-order chi connectivity index (χ1) is 66.7. The van der Waals surface area contributed by atoms with Crippen LogP contribution in [0.5, 0.6) is 0 Å². The molecule has 0 saturated carbocycles. The number of rotatable bonds is 18.